The van der Waals surface area contributed by atoms with Crippen molar-refractivity contribution < 1.29 is 0 Å². The Bertz CT molecular complexity index is 424. The van der Waals surface area contributed by atoms with Gasteiger partial charge in [0.15, 0.2) is 0 Å². The first-order chi connectivity index (χ1) is 10.1. The van der Waals surface area contributed by atoms with Crippen molar-refractivity contribution in [1.82, 2.24) is 9.80 Å². The summed E-state index contributed by atoms with van der Waals surface area (Å²) >= 11 is 0. The molecule has 1 atom stereocenters. The third-order valence-corrected chi connectivity index (χ3v) is 4.34. The van der Waals surface area contributed by atoms with Crippen molar-refractivity contribution in [2.24, 2.45) is 11.7 Å². The maximum absolute atomic E-state index is 5.75. The summed E-state index contributed by atoms with van der Waals surface area (Å²) in [6, 6.07) is 6.90. The van der Waals surface area contributed by atoms with Crippen LogP contribution in [0.1, 0.15) is 30.0 Å². The molecular weight excluding hydrogens is 258 g/mol. The Balaban J connectivity index is 1.88. The quantitative estimate of drug-likeness (QED) is 0.903. The SMILES string of the molecule is Cc1cc(C)cc(CN2CCCN(CC(C)CN)CC2)c1. The van der Waals surface area contributed by atoms with E-state index in [1.54, 1.807) is 0 Å². The number of aryl methyl sites for hydroxylation is 2. The number of nitrogens with two attached hydrogens (primary N) is 1. The van der Waals surface area contributed by atoms with Gasteiger partial charge in [-0.15, -0.1) is 0 Å². The summed E-state index contributed by atoms with van der Waals surface area (Å²) in [4.78, 5) is 5.18. The molecule has 1 aliphatic rings. The second-order valence-electron chi connectivity index (χ2n) is 6.77. The predicted octanol–water partition coefficient (Wildman–Crippen LogP) is 2.41. The predicted molar refractivity (Wildman–Crippen MR) is 90.5 cm³/mol. The van der Waals surface area contributed by atoms with E-state index in [0.717, 1.165) is 19.6 Å². The average molecular weight is 289 g/mol. The number of nitrogens with zero attached hydrogens (tertiary/aromatic N) is 2. The van der Waals surface area contributed by atoms with Crippen LogP contribution in [-0.2, 0) is 6.54 Å². The molecule has 2 N–H and O–H groups in total. The van der Waals surface area contributed by atoms with Gasteiger partial charge in [0, 0.05) is 26.2 Å². The summed E-state index contributed by atoms with van der Waals surface area (Å²) < 4.78 is 0. The molecule has 0 spiro atoms. The third-order valence-electron chi connectivity index (χ3n) is 4.34. The zero-order valence-corrected chi connectivity index (χ0v) is 13.9. The Morgan fingerprint density at radius 2 is 1.62 bits per heavy atom. The normalized spacial score (nSPS) is 19.4. The highest BCUT2D eigenvalue weighted by Gasteiger charge is 2.16. The van der Waals surface area contributed by atoms with Gasteiger partial charge in [0.2, 0.25) is 0 Å². The summed E-state index contributed by atoms with van der Waals surface area (Å²) in [6.07, 6.45) is 1.27. The monoisotopic (exact) mass is 289 g/mol. The van der Waals surface area contributed by atoms with E-state index in [9.17, 15) is 0 Å². The molecule has 0 amide bonds. The summed E-state index contributed by atoms with van der Waals surface area (Å²) in [5.41, 5.74) is 9.95. The van der Waals surface area contributed by atoms with Crippen molar-refractivity contribution in [3.8, 4) is 0 Å². The van der Waals surface area contributed by atoms with Crippen LogP contribution < -0.4 is 5.73 Å². The van der Waals surface area contributed by atoms with Crippen molar-refractivity contribution >= 4 is 0 Å². The lowest BCUT2D eigenvalue weighted by molar-refractivity contribution is 0.232. The molecule has 0 aliphatic carbocycles. The Kier molecular flexibility index (Phi) is 6.22. The smallest absolute Gasteiger partial charge is 0.0234 e. The minimum absolute atomic E-state index is 0.607. The molecule has 3 heteroatoms. The van der Waals surface area contributed by atoms with Gasteiger partial charge in [0.25, 0.3) is 0 Å². The molecule has 1 aromatic rings. The van der Waals surface area contributed by atoms with E-state index < -0.39 is 0 Å². The highest BCUT2D eigenvalue weighted by atomic mass is 15.2. The lowest BCUT2D eigenvalue weighted by atomic mass is 10.1. The van der Waals surface area contributed by atoms with Crippen molar-refractivity contribution in [2.75, 3.05) is 39.3 Å². The minimum Gasteiger partial charge on any atom is -0.330 e. The van der Waals surface area contributed by atoms with Gasteiger partial charge in [-0.05, 0) is 51.4 Å². The first-order valence-electron chi connectivity index (χ1n) is 8.29. The van der Waals surface area contributed by atoms with Crippen molar-refractivity contribution in [2.45, 2.75) is 33.7 Å². The number of hydrogen-bond donors (Lipinski definition) is 1. The summed E-state index contributed by atoms with van der Waals surface area (Å²) in [5.74, 6) is 0.607. The van der Waals surface area contributed by atoms with E-state index in [0.29, 0.717) is 5.92 Å². The summed E-state index contributed by atoms with van der Waals surface area (Å²) in [5, 5.41) is 0. The van der Waals surface area contributed by atoms with E-state index >= 15 is 0 Å². The van der Waals surface area contributed by atoms with E-state index in [4.69, 9.17) is 5.73 Å². The fourth-order valence-corrected chi connectivity index (χ4v) is 3.30. The van der Waals surface area contributed by atoms with E-state index in [1.807, 2.05) is 0 Å². The lowest BCUT2D eigenvalue weighted by Crippen LogP contribution is -2.35. The van der Waals surface area contributed by atoms with Gasteiger partial charge in [-0.1, -0.05) is 36.2 Å². The maximum atomic E-state index is 5.75. The van der Waals surface area contributed by atoms with Crippen molar-refractivity contribution in [1.29, 1.82) is 0 Å². The van der Waals surface area contributed by atoms with Gasteiger partial charge in [0.05, 0.1) is 0 Å². The Morgan fingerprint density at radius 1 is 1.00 bits per heavy atom. The molecule has 1 aromatic carbocycles. The first-order valence-corrected chi connectivity index (χ1v) is 8.29. The van der Waals surface area contributed by atoms with Crippen LogP contribution in [0.15, 0.2) is 18.2 Å². The third kappa shape index (κ3) is 5.42. The Hall–Kier alpha value is -0.900. The van der Waals surface area contributed by atoms with Crippen LogP contribution >= 0.6 is 0 Å². The van der Waals surface area contributed by atoms with Crippen LogP contribution in [0.2, 0.25) is 0 Å². The number of rotatable bonds is 5. The molecule has 3 nitrogen and oxygen atoms in total. The number of benzene rings is 1. The molecule has 1 heterocycles. The fraction of sp³-hybridized carbons (Fsp3) is 0.667. The molecule has 0 radical (unpaired) electrons. The molecule has 118 valence electrons. The number of hydrogen-bond acceptors (Lipinski definition) is 3. The molecule has 21 heavy (non-hydrogen) atoms. The zero-order valence-electron chi connectivity index (χ0n) is 13.9. The van der Waals surface area contributed by atoms with Gasteiger partial charge in [0.1, 0.15) is 0 Å². The van der Waals surface area contributed by atoms with Crippen LogP contribution in [0.25, 0.3) is 0 Å². The van der Waals surface area contributed by atoms with Gasteiger partial charge >= 0.3 is 0 Å². The largest absolute Gasteiger partial charge is 0.330 e. The minimum atomic E-state index is 0.607. The highest BCUT2D eigenvalue weighted by molar-refractivity contribution is 5.28. The van der Waals surface area contributed by atoms with Gasteiger partial charge < -0.3 is 10.6 Å². The standard InChI is InChI=1S/C18H31N3/c1-15-9-16(2)11-18(10-15)14-21-6-4-5-20(7-8-21)13-17(3)12-19/h9-11,17H,4-8,12-14,19H2,1-3H3. The van der Waals surface area contributed by atoms with Crippen LogP contribution in [0.3, 0.4) is 0 Å². The van der Waals surface area contributed by atoms with E-state index in [-0.39, 0.29) is 0 Å². The Morgan fingerprint density at radius 3 is 2.29 bits per heavy atom. The topological polar surface area (TPSA) is 32.5 Å². The van der Waals surface area contributed by atoms with Crippen LogP contribution in [0.4, 0.5) is 0 Å². The Labute approximate surface area is 130 Å². The van der Waals surface area contributed by atoms with Crippen LogP contribution in [0, 0.1) is 19.8 Å². The molecule has 1 saturated heterocycles. The van der Waals surface area contributed by atoms with E-state index in [1.165, 1.54) is 49.3 Å². The van der Waals surface area contributed by atoms with Gasteiger partial charge in [-0.2, -0.15) is 0 Å². The van der Waals surface area contributed by atoms with Crippen molar-refractivity contribution in [3.05, 3.63) is 34.9 Å². The molecule has 1 fully saturated rings. The zero-order chi connectivity index (χ0) is 15.2. The second kappa shape index (κ2) is 7.92. The molecule has 2 rings (SSSR count). The highest BCUT2D eigenvalue weighted by Crippen LogP contribution is 2.13. The lowest BCUT2D eigenvalue weighted by Gasteiger charge is -2.24. The summed E-state index contributed by atoms with van der Waals surface area (Å²) in [7, 11) is 0. The summed E-state index contributed by atoms with van der Waals surface area (Å²) in [6.45, 7) is 14.4. The van der Waals surface area contributed by atoms with E-state index in [2.05, 4.69) is 48.8 Å². The van der Waals surface area contributed by atoms with Crippen LogP contribution in [-0.4, -0.2) is 49.1 Å². The average Bonchev–Trinajstić information content (AvgIpc) is 2.63. The molecule has 0 saturated carbocycles. The fourth-order valence-electron chi connectivity index (χ4n) is 3.30. The molecule has 0 bridgehead atoms. The maximum Gasteiger partial charge on any atom is 0.0234 e. The molecule has 1 unspecified atom stereocenters. The second-order valence-corrected chi connectivity index (χ2v) is 6.77. The first kappa shape index (κ1) is 16.5. The molecular formula is C18H31N3. The van der Waals surface area contributed by atoms with Gasteiger partial charge in [-0.3, -0.25) is 4.90 Å². The molecule has 0 aromatic heterocycles. The van der Waals surface area contributed by atoms with Crippen LogP contribution in [0.5, 0.6) is 0 Å². The van der Waals surface area contributed by atoms with Crippen molar-refractivity contribution in [3.63, 3.8) is 0 Å². The molecule has 1 aliphatic heterocycles. The van der Waals surface area contributed by atoms with Gasteiger partial charge in [-0.25, -0.2) is 0 Å².